The zero-order valence-corrected chi connectivity index (χ0v) is 25.7. The predicted molar refractivity (Wildman–Crippen MR) is 173 cm³/mol. The van der Waals surface area contributed by atoms with E-state index < -0.39 is 12.0 Å². The highest BCUT2D eigenvalue weighted by Gasteiger charge is 2.49. The van der Waals surface area contributed by atoms with E-state index in [1.807, 2.05) is 42.5 Å². The van der Waals surface area contributed by atoms with Crippen LogP contribution >= 0.6 is 11.6 Å². The highest BCUT2D eigenvalue weighted by molar-refractivity contribution is 6.30. The zero-order valence-electron chi connectivity index (χ0n) is 24.9. The summed E-state index contributed by atoms with van der Waals surface area (Å²) in [6.45, 7) is 0.579. The van der Waals surface area contributed by atoms with Crippen molar-refractivity contribution in [2.24, 2.45) is 0 Å². The lowest BCUT2D eigenvalue weighted by Crippen LogP contribution is -2.36. The number of amides is 1. The van der Waals surface area contributed by atoms with Gasteiger partial charge in [0.1, 0.15) is 5.82 Å². The third-order valence-electron chi connectivity index (χ3n) is 9.92. The highest BCUT2D eigenvalue weighted by atomic mass is 35.5. The highest BCUT2D eigenvalue weighted by Crippen LogP contribution is 2.52. The largest absolute Gasteiger partial charge is 0.378 e. The molecule has 2 aliphatic carbocycles. The zero-order chi connectivity index (χ0) is 30.3. The van der Waals surface area contributed by atoms with Crippen molar-refractivity contribution in [3.05, 3.63) is 122 Å². The van der Waals surface area contributed by atoms with Crippen molar-refractivity contribution in [2.45, 2.75) is 81.8 Å². The molecule has 2 heterocycles. The smallest absolute Gasteiger partial charge is 0.256 e. The number of carbonyl (C=O) groups excluding carboxylic acids is 1. The van der Waals surface area contributed by atoms with Gasteiger partial charge in [0.15, 0.2) is 6.10 Å². The molecule has 1 amide bonds. The molecule has 7 rings (SSSR count). The monoisotopic (exact) mass is 607 g/mol. The fourth-order valence-electron chi connectivity index (χ4n) is 7.22. The van der Waals surface area contributed by atoms with Gasteiger partial charge in [-0.2, -0.15) is 0 Å². The molecule has 0 radical (unpaired) electrons. The third-order valence-corrected chi connectivity index (χ3v) is 10.2. The van der Waals surface area contributed by atoms with Crippen molar-refractivity contribution in [3.63, 3.8) is 0 Å². The van der Waals surface area contributed by atoms with Crippen LogP contribution in [0, 0.1) is 0 Å². The van der Waals surface area contributed by atoms with Crippen molar-refractivity contribution in [1.29, 1.82) is 0 Å². The summed E-state index contributed by atoms with van der Waals surface area (Å²) < 4.78 is 0. The number of hydrogen-bond acceptors (Lipinski definition) is 4. The molecule has 1 aromatic heterocycles. The van der Waals surface area contributed by atoms with Crippen LogP contribution in [-0.4, -0.2) is 32.4 Å². The molecule has 0 spiro atoms. The first-order valence-electron chi connectivity index (χ1n) is 16.0. The number of benzene rings is 3. The van der Waals surface area contributed by atoms with Gasteiger partial charge >= 0.3 is 0 Å². The summed E-state index contributed by atoms with van der Waals surface area (Å²) in [4.78, 5) is 37.0. The van der Waals surface area contributed by atoms with E-state index >= 15 is 0 Å². The SMILES string of the molecule is O=C([C@H](O)c1cccc(-c2cccc(Cl)c2)c1)N1CCCc2nc(C3(c4cccc(C5CCCCC5)c4)CC3)[nH]c(=O)c2C1. The fourth-order valence-corrected chi connectivity index (χ4v) is 7.41. The Labute approximate surface area is 263 Å². The number of aryl methyl sites for hydroxylation is 1. The predicted octanol–water partition coefficient (Wildman–Crippen LogP) is 7.23. The molecule has 44 heavy (non-hydrogen) atoms. The molecule has 3 aromatic carbocycles. The molecule has 6 nitrogen and oxygen atoms in total. The number of hydrogen-bond donors (Lipinski definition) is 2. The molecule has 2 fully saturated rings. The van der Waals surface area contributed by atoms with Gasteiger partial charge in [0.2, 0.25) is 0 Å². The van der Waals surface area contributed by atoms with Crippen molar-refractivity contribution >= 4 is 17.5 Å². The summed E-state index contributed by atoms with van der Waals surface area (Å²) in [7, 11) is 0. The minimum absolute atomic E-state index is 0.131. The molecular weight excluding hydrogens is 570 g/mol. The van der Waals surface area contributed by atoms with Gasteiger partial charge < -0.3 is 15.0 Å². The number of fused-ring (bicyclic) bond motifs is 1. The minimum Gasteiger partial charge on any atom is -0.378 e. The average molecular weight is 608 g/mol. The van der Waals surface area contributed by atoms with Crippen molar-refractivity contribution in [1.82, 2.24) is 14.9 Å². The van der Waals surface area contributed by atoms with E-state index in [-0.39, 0.29) is 17.5 Å². The van der Waals surface area contributed by atoms with Gasteiger partial charge in [-0.25, -0.2) is 4.98 Å². The van der Waals surface area contributed by atoms with Crippen LogP contribution in [0.5, 0.6) is 0 Å². The Balaban J connectivity index is 1.12. The number of halogens is 1. The Hall–Kier alpha value is -3.74. The Kier molecular flexibility index (Phi) is 7.90. The summed E-state index contributed by atoms with van der Waals surface area (Å²) in [5.74, 6) is 0.958. The molecule has 0 bridgehead atoms. The topological polar surface area (TPSA) is 86.3 Å². The molecule has 1 aliphatic heterocycles. The number of aromatic nitrogens is 2. The Bertz CT molecular complexity index is 1760. The van der Waals surface area contributed by atoms with Gasteiger partial charge in [0.05, 0.1) is 23.2 Å². The van der Waals surface area contributed by atoms with E-state index in [9.17, 15) is 14.7 Å². The first-order valence-corrected chi connectivity index (χ1v) is 16.3. The maximum absolute atomic E-state index is 13.6. The number of aliphatic hydroxyl groups excluding tert-OH is 1. The van der Waals surface area contributed by atoms with Crippen LogP contribution in [0.25, 0.3) is 11.1 Å². The Morgan fingerprint density at radius 2 is 1.70 bits per heavy atom. The Morgan fingerprint density at radius 1 is 0.955 bits per heavy atom. The lowest BCUT2D eigenvalue weighted by Gasteiger charge is -2.25. The summed E-state index contributed by atoms with van der Waals surface area (Å²) in [5.41, 5.74) is 5.80. The molecule has 7 heteroatoms. The summed E-state index contributed by atoms with van der Waals surface area (Å²) in [6, 6.07) is 23.8. The van der Waals surface area contributed by atoms with Crippen LogP contribution in [0.3, 0.4) is 0 Å². The van der Waals surface area contributed by atoms with Crippen molar-refractivity contribution < 1.29 is 9.90 Å². The number of H-pyrrole nitrogens is 1. The Morgan fingerprint density at radius 3 is 2.48 bits per heavy atom. The third kappa shape index (κ3) is 5.62. The van der Waals surface area contributed by atoms with Gasteiger partial charge in [0.25, 0.3) is 11.5 Å². The molecule has 2 saturated carbocycles. The van der Waals surface area contributed by atoms with Gasteiger partial charge in [-0.3, -0.25) is 9.59 Å². The van der Waals surface area contributed by atoms with E-state index in [0.29, 0.717) is 41.5 Å². The number of nitrogens with zero attached hydrogens (tertiary/aromatic N) is 2. The van der Waals surface area contributed by atoms with Crippen molar-refractivity contribution in [3.8, 4) is 11.1 Å². The second-order valence-corrected chi connectivity index (χ2v) is 13.2. The van der Waals surface area contributed by atoms with Gasteiger partial charge in [-0.15, -0.1) is 0 Å². The average Bonchev–Trinajstić information content (AvgIpc) is 3.90. The van der Waals surface area contributed by atoms with Crippen LogP contribution in [0.2, 0.25) is 5.02 Å². The molecule has 226 valence electrons. The lowest BCUT2D eigenvalue weighted by atomic mass is 9.82. The van der Waals surface area contributed by atoms with E-state index in [0.717, 1.165) is 35.5 Å². The normalized spacial score (nSPS) is 18.7. The maximum atomic E-state index is 13.6. The molecule has 4 aromatic rings. The first kappa shape index (κ1) is 29.0. The standard InChI is InChI=1S/C37H38ClN3O3/c38-30-15-6-12-27(22-30)25-10-4-13-28(20-25)33(42)35(44)41-19-7-16-32-31(23-41)34(43)40-36(39-32)37(17-18-37)29-14-5-11-26(21-29)24-8-2-1-3-9-24/h4-6,10-15,20-22,24,33,42H,1-3,7-9,16-19,23H2,(H,39,40,43)/t33-/m1/s1. The van der Waals surface area contributed by atoms with E-state index in [1.165, 1.54) is 43.2 Å². The number of aliphatic hydroxyl groups is 1. The van der Waals surface area contributed by atoms with Crippen LogP contribution in [-0.2, 0) is 23.2 Å². The second kappa shape index (κ2) is 12.0. The van der Waals surface area contributed by atoms with Crippen LogP contribution in [0.1, 0.15) is 97.2 Å². The summed E-state index contributed by atoms with van der Waals surface area (Å²) in [6.07, 6.45) is 8.32. The number of nitrogens with one attached hydrogen (secondary N) is 1. The van der Waals surface area contributed by atoms with Crippen LogP contribution in [0.15, 0.2) is 77.6 Å². The first-order chi connectivity index (χ1) is 21.4. The molecule has 0 unspecified atom stereocenters. The van der Waals surface area contributed by atoms with Crippen molar-refractivity contribution in [2.75, 3.05) is 6.54 Å². The fraction of sp³-hybridized carbons (Fsp3) is 0.378. The maximum Gasteiger partial charge on any atom is 0.256 e. The molecule has 1 atom stereocenters. The number of rotatable bonds is 6. The second-order valence-electron chi connectivity index (χ2n) is 12.8. The molecule has 2 N–H and O–H groups in total. The molecule has 0 saturated heterocycles. The lowest BCUT2D eigenvalue weighted by molar-refractivity contribution is -0.141. The summed E-state index contributed by atoms with van der Waals surface area (Å²) in [5, 5.41) is 11.8. The van der Waals surface area contributed by atoms with E-state index in [2.05, 4.69) is 29.2 Å². The number of aromatic amines is 1. The quantitative estimate of drug-likeness (QED) is 0.242. The number of carbonyl (C=O) groups is 1. The van der Waals surface area contributed by atoms with Gasteiger partial charge in [-0.1, -0.05) is 85.5 Å². The van der Waals surface area contributed by atoms with Crippen LogP contribution in [0.4, 0.5) is 0 Å². The summed E-state index contributed by atoms with van der Waals surface area (Å²) >= 11 is 6.18. The molecular formula is C37H38ClN3O3. The van der Waals surface area contributed by atoms with E-state index in [4.69, 9.17) is 16.6 Å². The van der Waals surface area contributed by atoms with Gasteiger partial charge in [0, 0.05) is 11.6 Å². The minimum atomic E-state index is -1.34. The van der Waals surface area contributed by atoms with Crippen LogP contribution < -0.4 is 5.56 Å². The van der Waals surface area contributed by atoms with Gasteiger partial charge in [-0.05, 0) is 90.5 Å². The molecule has 3 aliphatic rings. The van der Waals surface area contributed by atoms with E-state index in [1.54, 1.807) is 11.0 Å².